The maximum atomic E-state index is 12.2. The zero-order valence-electron chi connectivity index (χ0n) is 10.7. The fourth-order valence-electron chi connectivity index (χ4n) is 1.78. The number of benzene rings is 1. The monoisotopic (exact) mass is 285 g/mol. The van der Waals surface area contributed by atoms with Gasteiger partial charge in [0, 0.05) is 10.5 Å². The summed E-state index contributed by atoms with van der Waals surface area (Å²) in [6.45, 7) is 1.77. The fourth-order valence-corrected chi connectivity index (χ4v) is 2.50. The molecule has 0 aliphatic heterocycles. The van der Waals surface area contributed by atoms with Crippen LogP contribution in [0.5, 0.6) is 0 Å². The summed E-state index contributed by atoms with van der Waals surface area (Å²) in [5.41, 5.74) is 2.38. The third-order valence-corrected chi connectivity index (χ3v) is 3.61. The number of thiophene rings is 1. The summed E-state index contributed by atoms with van der Waals surface area (Å²) in [4.78, 5) is 13.2. The van der Waals surface area contributed by atoms with Crippen LogP contribution in [-0.2, 0) is 4.79 Å². The summed E-state index contributed by atoms with van der Waals surface area (Å²) in [6.07, 6.45) is 1.85. The molecule has 6 heteroatoms. The van der Waals surface area contributed by atoms with Crippen LogP contribution in [0.25, 0.3) is 17.1 Å². The largest absolute Gasteiger partial charge is 0.320 e. The summed E-state index contributed by atoms with van der Waals surface area (Å²) in [5.74, 6) is -0.172. The second-order valence-corrected chi connectivity index (χ2v) is 5.21. The number of rotatable bonds is 3. The number of amides is 1. The Balaban J connectivity index is 1.84. The first-order valence-corrected chi connectivity index (χ1v) is 6.86. The Morgan fingerprint density at radius 1 is 1.30 bits per heavy atom. The predicted molar refractivity (Wildman–Crippen MR) is 78.4 cm³/mol. The van der Waals surface area contributed by atoms with Gasteiger partial charge in [-0.2, -0.15) is 0 Å². The summed E-state index contributed by atoms with van der Waals surface area (Å²) in [7, 11) is 0. The average molecular weight is 285 g/mol. The van der Waals surface area contributed by atoms with Gasteiger partial charge in [0.1, 0.15) is 5.52 Å². The highest BCUT2D eigenvalue weighted by Gasteiger charge is 2.10. The van der Waals surface area contributed by atoms with E-state index in [9.17, 15) is 4.79 Å². The minimum Gasteiger partial charge on any atom is -0.320 e. The molecular formula is C14H11N3O2S. The lowest BCUT2D eigenvalue weighted by atomic mass is 10.2. The molecule has 3 rings (SSSR count). The summed E-state index contributed by atoms with van der Waals surface area (Å²) in [5, 5.41) is 12.3. The zero-order valence-corrected chi connectivity index (χ0v) is 11.5. The van der Waals surface area contributed by atoms with Crippen molar-refractivity contribution >= 4 is 40.0 Å². The molecule has 0 saturated carbocycles. The van der Waals surface area contributed by atoms with Crippen molar-refractivity contribution in [3.05, 3.63) is 46.2 Å². The van der Waals surface area contributed by atoms with Crippen LogP contribution >= 0.6 is 11.3 Å². The van der Waals surface area contributed by atoms with E-state index in [0.29, 0.717) is 22.3 Å². The van der Waals surface area contributed by atoms with E-state index in [0.717, 1.165) is 4.88 Å². The first-order chi connectivity index (χ1) is 9.74. The van der Waals surface area contributed by atoms with Crippen molar-refractivity contribution in [2.75, 3.05) is 5.32 Å². The molecule has 0 atom stereocenters. The van der Waals surface area contributed by atoms with Gasteiger partial charge in [-0.15, -0.1) is 11.3 Å². The molecule has 0 bridgehead atoms. The Bertz CT molecular complexity index is 775. The van der Waals surface area contributed by atoms with E-state index >= 15 is 0 Å². The van der Waals surface area contributed by atoms with Crippen molar-refractivity contribution in [1.29, 1.82) is 0 Å². The Morgan fingerprint density at radius 3 is 3.00 bits per heavy atom. The third-order valence-electron chi connectivity index (χ3n) is 2.79. The van der Waals surface area contributed by atoms with Gasteiger partial charge >= 0.3 is 0 Å². The van der Waals surface area contributed by atoms with Gasteiger partial charge < -0.3 is 5.32 Å². The number of anilines is 1. The molecular weight excluding hydrogens is 274 g/mol. The summed E-state index contributed by atoms with van der Waals surface area (Å²) in [6, 6.07) is 9.24. The van der Waals surface area contributed by atoms with Crippen LogP contribution in [0.3, 0.4) is 0 Å². The Hall–Kier alpha value is -2.47. The molecule has 0 spiro atoms. The number of fused-ring (bicyclic) bond motifs is 1. The average Bonchev–Trinajstić information content (AvgIpc) is 3.09. The highest BCUT2D eigenvalue weighted by molar-refractivity contribution is 7.10. The molecule has 0 unspecified atom stereocenters. The lowest BCUT2D eigenvalue weighted by molar-refractivity contribution is -0.112. The van der Waals surface area contributed by atoms with Gasteiger partial charge in [-0.05, 0) is 46.9 Å². The van der Waals surface area contributed by atoms with Crippen LogP contribution in [-0.4, -0.2) is 16.2 Å². The van der Waals surface area contributed by atoms with E-state index in [1.54, 1.807) is 36.5 Å². The van der Waals surface area contributed by atoms with Crippen molar-refractivity contribution in [1.82, 2.24) is 10.3 Å². The topological polar surface area (TPSA) is 68.0 Å². The van der Waals surface area contributed by atoms with E-state index in [2.05, 4.69) is 20.3 Å². The zero-order chi connectivity index (χ0) is 13.9. The summed E-state index contributed by atoms with van der Waals surface area (Å²) < 4.78 is 4.67. The predicted octanol–water partition coefficient (Wildman–Crippen LogP) is 3.33. The van der Waals surface area contributed by atoms with Crippen LogP contribution in [0.15, 0.2) is 45.9 Å². The number of nitrogens with one attached hydrogen (secondary N) is 1. The normalized spacial score (nSPS) is 11.8. The maximum Gasteiger partial charge on any atom is 0.251 e. The molecule has 3 aromatic rings. The van der Waals surface area contributed by atoms with Gasteiger partial charge in [0.25, 0.3) is 5.91 Å². The summed E-state index contributed by atoms with van der Waals surface area (Å²) >= 11 is 1.59. The van der Waals surface area contributed by atoms with E-state index < -0.39 is 0 Å². The van der Waals surface area contributed by atoms with E-state index in [1.165, 1.54) is 0 Å². The molecule has 2 aromatic heterocycles. The van der Waals surface area contributed by atoms with Crippen molar-refractivity contribution in [2.24, 2.45) is 0 Å². The van der Waals surface area contributed by atoms with Gasteiger partial charge in [-0.3, -0.25) is 4.79 Å². The first-order valence-electron chi connectivity index (χ1n) is 5.98. The van der Waals surface area contributed by atoms with Crippen LogP contribution in [0.1, 0.15) is 11.8 Å². The molecule has 100 valence electrons. The molecule has 1 amide bonds. The van der Waals surface area contributed by atoms with E-state index in [1.807, 2.05) is 23.6 Å². The molecule has 2 heterocycles. The second-order valence-electron chi connectivity index (χ2n) is 4.23. The number of carbonyl (C=O) groups excluding carboxylic acids is 1. The lowest BCUT2D eigenvalue weighted by Gasteiger charge is -2.04. The molecule has 0 fully saturated rings. The SMILES string of the molecule is CC(=Cc1cccs1)C(=O)Nc1cccc2nonc12. The number of aromatic nitrogens is 2. The Kier molecular flexibility index (Phi) is 3.30. The molecule has 1 aromatic carbocycles. The maximum absolute atomic E-state index is 12.2. The molecule has 0 aliphatic rings. The van der Waals surface area contributed by atoms with Gasteiger partial charge in [0.05, 0.1) is 5.69 Å². The minimum absolute atomic E-state index is 0.172. The van der Waals surface area contributed by atoms with Gasteiger partial charge in [-0.25, -0.2) is 4.63 Å². The van der Waals surface area contributed by atoms with Crippen LogP contribution in [0.2, 0.25) is 0 Å². The fraction of sp³-hybridized carbons (Fsp3) is 0.0714. The number of nitrogens with zero attached hydrogens (tertiary/aromatic N) is 2. The van der Waals surface area contributed by atoms with Crippen LogP contribution in [0.4, 0.5) is 5.69 Å². The lowest BCUT2D eigenvalue weighted by Crippen LogP contribution is -2.12. The Labute approximate surface area is 118 Å². The molecule has 0 saturated heterocycles. The van der Waals surface area contributed by atoms with Gasteiger partial charge in [0.2, 0.25) is 0 Å². The first kappa shape index (κ1) is 12.6. The van der Waals surface area contributed by atoms with Crippen molar-refractivity contribution in [2.45, 2.75) is 6.92 Å². The van der Waals surface area contributed by atoms with E-state index in [-0.39, 0.29) is 5.91 Å². The molecule has 0 radical (unpaired) electrons. The quantitative estimate of drug-likeness (QED) is 0.749. The standard InChI is InChI=1S/C14H11N3O2S/c1-9(8-10-4-3-7-20-10)14(18)15-11-5-2-6-12-13(11)17-19-16-12/h2-8H,1H3,(H,15,18). The van der Waals surface area contributed by atoms with Crippen molar-refractivity contribution in [3.8, 4) is 0 Å². The van der Waals surface area contributed by atoms with Crippen LogP contribution < -0.4 is 5.32 Å². The number of hydrogen-bond acceptors (Lipinski definition) is 5. The third kappa shape index (κ3) is 2.46. The Morgan fingerprint density at radius 2 is 2.20 bits per heavy atom. The molecule has 1 N–H and O–H groups in total. The highest BCUT2D eigenvalue weighted by atomic mass is 32.1. The molecule has 0 aliphatic carbocycles. The smallest absolute Gasteiger partial charge is 0.251 e. The van der Waals surface area contributed by atoms with Gasteiger partial charge in [-0.1, -0.05) is 12.1 Å². The number of hydrogen-bond donors (Lipinski definition) is 1. The van der Waals surface area contributed by atoms with Crippen molar-refractivity contribution < 1.29 is 9.42 Å². The minimum atomic E-state index is -0.172. The van der Waals surface area contributed by atoms with E-state index in [4.69, 9.17) is 0 Å². The second kappa shape index (κ2) is 5.26. The van der Waals surface area contributed by atoms with Gasteiger partial charge in [0.15, 0.2) is 5.52 Å². The highest BCUT2D eigenvalue weighted by Crippen LogP contribution is 2.21. The molecule has 20 heavy (non-hydrogen) atoms. The number of carbonyl (C=O) groups is 1. The molecule has 5 nitrogen and oxygen atoms in total. The van der Waals surface area contributed by atoms with Crippen molar-refractivity contribution in [3.63, 3.8) is 0 Å². The van der Waals surface area contributed by atoms with Crippen LogP contribution in [0, 0.1) is 0 Å².